The van der Waals surface area contributed by atoms with Crippen LogP contribution in [0.1, 0.15) is 271 Å². The number of aliphatic hydroxyl groups is 5. The molecule has 6 N–H and O–H groups in total. The molecule has 1 aliphatic rings. The van der Waals surface area contributed by atoms with E-state index in [0.717, 1.165) is 57.8 Å². The van der Waals surface area contributed by atoms with Gasteiger partial charge in [0, 0.05) is 12.8 Å². The smallest absolute Gasteiger partial charge is 0.306 e. The molecule has 0 radical (unpaired) electrons. The highest BCUT2D eigenvalue weighted by Gasteiger charge is 2.47. The number of aliphatic hydroxyl groups excluding tert-OH is 5. The Morgan fingerprint density at radius 1 is 0.520 bits per heavy atom. The maximum Gasteiger partial charge on any atom is 0.306 e. The van der Waals surface area contributed by atoms with E-state index in [-0.39, 0.29) is 19.4 Å². The first kappa shape index (κ1) is 70.4. The number of amides is 1. The van der Waals surface area contributed by atoms with E-state index in [0.29, 0.717) is 12.8 Å². The fourth-order valence-corrected chi connectivity index (χ4v) is 9.43. The molecule has 1 aliphatic heterocycles. The molecule has 0 aromatic heterocycles. The highest BCUT2D eigenvalue weighted by Crippen LogP contribution is 2.26. The molecular weight excluding hydrogens is 943 g/mol. The van der Waals surface area contributed by atoms with Gasteiger partial charge in [0.2, 0.25) is 5.91 Å². The minimum Gasteiger partial charge on any atom is -0.454 e. The van der Waals surface area contributed by atoms with Gasteiger partial charge in [-0.25, -0.2) is 0 Å². The third-order valence-electron chi connectivity index (χ3n) is 14.4. The summed E-state index contributed by atoms with van der Waals surface area (Å²) in [6, 6.07) is -1.05. The Balaban J connectivity index is 2.62. The second-order valence-electron chi connectivity index (χ2n) is 21.4. The molecule has 8 unspecified atom stereocenters. The first-order valence-electron chi connectivity index (χ1n) is 31.1. The molecule has 1 rings (SSSR count). The van der Waals surface area contributed by atoms with Crippen molar-refractivity contribution in [3.05, 3.63) is 60.8 Å². The molecular formula is C64H115NO10. The van der Waals surface area contributed by atoms with Crippen molar-refractivity contribution in [3.63, 3.8) is 0 Å². The van der Waals surface area contributed by atoms with E-state index < -0.39 is 67.4 Å². The largest absolute Gasteiger partial charge is 0.454 e. The molecule has 75 heavy (non-hydrogen) atoms. The van der Waals surface area contributed by atoms with Crippen LogP contribution in [0.25, 0.3) is 0 Å². The number of hydrogen-bond donors (Lipinski definition) is 6. The summed E-state index contributed by atoms with van der Waals surface area (Å²) in [5, 5.41) is 56.7. The quantitative estimate of drug-likeness (QED) is 0.0195. The van der Waals surface area contributed by atoms with Gasteiger partial charge in [0.1, 0.15) is 24.4 Å². The first-order chi connectivity index (χ1) is 36.7. The van der Waals surface area contributed by atoms with Crippen molar-refractivity contribution in [1.82, 2.24) is 5.32 Å². The average Bonchev–Trinajstić information content (AvgIpc) is 3.41. The summed E-state index contributed by atoms with van der Waals surface area (Å²) >= 11 is 0. The molecule has 0 aliphatic carbocycles. The van der Waals surface area contributed by atoms with E-state index in [1.165, 1.54) is 167 Å². The molecule has 1 fully saturated rings. The van der Waals surface area contributed by atoms with Crippen LogP contribution >= 0.6 is 0 Å². The van der Waals surface area contributed by atoms with Crippen LogP contribution in [0.4, 0.5) is 0 Å². The summed E-state index contributed by atoms with van der Waals surface area (Å²) in [6.07, 6.45) is 54.3. The Kier molecular flexibility index (Phi) is 48.9. The molecule has 0 bridgehead atoms. The van der Waals surface area contributed by atoms with Crippen molar-refractivity contribution >= 4 is 11.9 Å². The Morgan fingerprint density at radius 2 is 0.920 bits per heavy atom. The van der Waals surface area contributed by atoms with Crippen LogP contribution in [0.2, 0.25) is 0 Å². The SMILES string of the molecule is CCCCC/C=C\C/C=C\CCCCCCCCCCCCCCCC(=O)OC1C(OCC(NC(=O)C(O)C/C=C/C/C=C\CCCCCCCC)C(O)/C=C/CCCCCCCCCCC)OC(CO)C(O)C1O. The lowest BCUT2D eigenvalue weighted by Gasteiger charge is -2.41. The molecule has 1 amide bonds. The first-order valence-corrected chi connectivity index (χ1v) is 31.1. The molecule has 0 aromatic rings. The van der Waals surface area contributed by atoms with Crippen molar-refractivity contribution in [3.8, 4) is 0 Å². The minimum absolute atomic E-state index is 0.0818. The monoisotopic (exact) mass is 1060 g/mol. The predicted octanol–water partition coefficient (Wildman–Crippen LogP) is 14.6. The Labute approximate surface area is 458 Å². The summed E-state index contributed by atoms with van der Waals surface area (Å²) < 4.78 is 17.6. The molecule has 0 saturated carbocycles. The number of ether oxygens (including phenoxy) is 3. The molecule has 11 nitrogen and oxygen atoms in total. The predicted molar refractivity (Wildman–Crippen MR) is 310 cm³/mol. The van der Waals surface area contributed by atoms with Gasteiger partial charge < -0.3 is 45.1 Å². The van der Waals surface area contributed by atoms with Gasteiger partial charge >= 0.3 is 5.97 Å². The lowest BCUT2D eigenvalue weighted by molar-refractivity contribution is -0.305. The maximum absolute atomic E-state index is 13.3. The van der Waals surface area contributed by atoms with Crippen LogP contribution < -0.4 is 5.32 Å². The molecule has 1 heterocycles. The lowest BCUT2D eigenvalue weighted by atomic mass is 9.99. The van der Waals surface area contributed by atoms with Gasteiger partial charge in [-0.05, 0) is 70.6 Å². The third kappa shape index (κ3) is 40.2. The number of esters is 1. The van der Waals surface area contributed by atoms with Gasteiger partial charge in [0.25, 0.3) is 0 Å². The Hall–Kier alpha value is -2.64. The second kappa shape index (κ2) is 52.1. The highest BCUT2D eigenvalue weighted by molar-refractivity contribution is 5.81. The van der Waals surface area contributed by atoms with E-state index in [1.807, 2.05) is 12.2 Å². The van der Waals surface area contributed by atoms with Gasteiger partial charge in [-0.2, -0.15) is 0 Å². The number of nitrogens with one attached hydrogen (secondary N) is 1. The molecule has 0 spiro atoms. The van der Waals surface area contributed by atoms with Crippen molar-refractivity contribution in [2.45, 2.75) is 320 Å². The number of carbonyl (C=O) groups excluding carboxylic acids is 2. The summed E-state index contributed by atoms with van der Waals surface area (Å²) in [5.41, 5.74) is 0. The van der Waals surface area contributed by atoms with E-state index in [1.54, 1.807) is 12.2 Å². The third-order valence-corrected chi connectivity index (χ3v) is 14.4. The zero-order valence-electron chi connectivity index (χ0n) is 48.2. The van der Waals surface area contributed by atoms with Crippen LogP contribution in [0.3, 0.4) is 0 Å². The Morgan fingerprint density at radius 3 is 1.39 bits per heavy atom. The van der Waals surface area contributed by atoms with Crippen LogP contribution in [0.15, 0.2) is 60.8 Å². The molecule has 11 heteroatoms. The molecule has 0 aromatic carbocycles. The number of rotatable bonds is 52. The van der Waals surface area contributed by atoms with E-state index >= 15 is 0 Å². The van der Waals surface area contributed by atoms with Crippen LogP contribution in [-0.4, -0.2) is 99.6 Å². The minimum atomic E-state index is -1.62. The van der Waals surface area contributed by atoms with Crippen LogP contribution in [0.5, 0.6) is 0 Å². The molecule has 1 saturated heterocycles. The maximum atomic E-state index is 13.3. The highest BCUT2D eigenvalue weighted by atomic mass is 16.7. The average molecular weight is 1060 g/mol. The topological polar surface area (TPSA) is 175 Å². The summed E-state index contributed by atoms with van der Waals surface area (Å²) in [5.74, 6) is -1.26. The van der Waals surface area contributed by atoms with E-state index in [2.05, 4.69) is 62.5 Å². The van der Waals surface area contributed by atoms with Crippen molar-refractivity contribution in [1.29, 1.82) is 0 Å². The van der Waals surface area contributed by atoms with Gasteiger partial charge in [-0.3, -0.25) is 9.59 Å². The summed E-state index contributed by atoms with van der Waals surface area (Å²) in [7, 11) is 0. The number of allylic oxidation sites excluding steroid dienone is 8. The molecule has 436 valence electrons. The van der Waals surface area contributed by atoms with Crippen LogP contribution in [0, 0.1) is 0 Å². The summed E-state index contributed by atoms with van der Waals surface area (Å²) in [6.45, 7) is 5.71. The second-order valence-corrected chi connectivity index (χ2v) is 21.4. The van der Waals surface area contributed by atoms with Crippen LogP contribution in [-0.2, 0) is 23.8 Å². The lowest BCUT2D eigenvalue weighted by Crippen LogP contribution is -2.61. The van der Waals surface area contributed by atoms with Crippen molar-refractivity contribution < 1.29 is 49.3 Å². The number of carbonyl (C=O) groups is 2. The van der Waals surface area contributed by atoms with E-state index in [9.17, 15) is 35.1 Å². The van der Waals surface area contributed by atoms with Gasteiger partial charge in [-0.15, -0.1) is 0 Å². The van der Waals surface area contributed by atoms with Gasteiger partial charge in [0.05, 0.1) is 25.4 Å². The fraction of sp³-hybridized carbons (Fsp3) is 0.812. The zero-order chi connectivity index (χ0) is 54.7. The number of hydrogen-bond acceptors (Lipinski definition) is 10. The zero-order valence-corrected chi connectivity index (χ0v) is 48.2. The van der Waals surface area contributed by atoms with Gasteiger partial charge in [-0.1, -0.05) is 248 Å². The summed E-state index contributed by atoms with van der Waals surface area (Å²) in [4.78, 5) is 26.5. The normalized spacial score (nSPS) is 19.6. The van der Waals surface area contributed by atoms with E-state index in [4.69, 9.17) is 14.2 Å². The molecule has 8 atom stereocenters. The van der Waals surface area contributed by atoms with Crippen molar-refractivity contribution in [2.24, 2.45) is 0 Å². The van der Waals surface area contributed by atoms with Crippen molar-refractivity contribution in [2.75, 3.05) is 13.2 Å². The number of unbranched alkanes of at least 4 members (excludes halogenated alkanes) is 31. The Bertz CT molecular complexity index is 1450. The van der Waals surface area contributed by atoms with Gasteiger partial charge in [0.15, 0.2) is 12.4 Å². The fourth-order valence-electron chi connectivity index (χ4n) is 9.43. The standard InChI is InChI=1S/C64H115NO10/c1-4-7-10-13-16-19-22-24-25-26-27-28-29-30-31-32-33-34-37-40-43-46-49-52-59(69)75-62-61(71)60(70)58(53-66)74-64(62)73-54-55(56(67)50-47-44-41-38-35-21-18-15-12-9-6-3)65-63(72)57(68)51-48-45-42-39-36-23-20-17-14-11-8-5-2/h16,19,24-25,36,39,45,47-48,50,55-58,60-62,64,66-68,70-71H,4-15,17-18,20-23,26-35,37-38,40-44,46,49,51-54H2,1-3H3,(H,65,72)/b19-16-,25-24-,39-36-,48-45+,50-47+.